The average Bonchev–Trinajstić information content (AvgIpc) is 2.41. The Morgan fingerprint density at radius 2 is 1.47 bits per heavy atom. The van der Waals surface area contributed by atoms with Gasteiger partial charge in [0.25, 0.3) is 0 Å². The smallest absolute Gasteiger partial charge is 0.248 e. The first-order valence-corrected chi connectivity index (χ1v) is 5.14. The number of hydrogen-bond acceptors (Lipinski definition) is 3. The van der Waals surface area contributed by atoms with Gasteiger partial charge in [0.15, 0.2) is 0 Å². The monoisotopic (exact) mass is 225 g/mol. The highest BCUT2D eigenvalue weighted by Gasteiger charge is 1.89. The Kier molecular flexibility index (Phi) is 3.60. The number of fused-ring (bicyclic) bond motifs is 1. The van der Waals surface area contributed by atoms with Crippen molar-refractivity contribution in [3.63, 3.8) is 0 Å². The number of nitrogens with zero attached hydrogens (tertiary/aromatic N) is 2. The molecule has 1 aromatic carbocycles. The molecule has 0 aliphatic carbocycles. The van der Waals surface area contributed by atoms with Gasteiger partial charge in [-0.1, -0.05) is 18.2 Å². The Balaban J connectivity index is 0.000000153. The quantitative estimate of drug-likeness (QED) is 0.636. The van der Waals surface area contributed by atoms with Crippen LogP contribution in [0.5, 0.6) is 0 Å². The summed E-state index contributed by atoms with van der Waals surface area (Å²) in [6.07, 6.45) is 6.56. The molecule has 4 nitrogen and oxygen atoms in total. The van der Waals surface area contributed by atoms with Gasteiger partial charge in [0.2, 0.25) is 5.56 Å². The van der Waals surface area contributed by atoms with Crippen LogP contribution in [0.1, 0.15) is 0 Å². The first-order chi connectivity index (χ1) is 8.36. The number of H-pyrrole nitrogens is 1. The number of aromatic amines is 1. The van der Waals surface area contributed by atoms with Crippen molar-refractivity contribution in [1.82, 2.24) is 15.0 Å². The van der Waals surface area contributed by atoms with Crippen molar-refractivity contribution in [2.75, 3.05) is 0 Å². The maximum Gasteiger partial charge on any atom is 0.248 e. The highest BCUT2D eigenvalue weighted by atomic mass is 16.1. The summed E-state index contributed by atoms with van der Waals surface area (Å²) >= 11 is 0. The minimum Gasteiger partial charge on any atom is -0.322 e. The van der Waals surface area contributed by atoms with E-state index in [1.54, 1.807) is 24.8 Å². The van der Waals surface area contributed by atoms with Gasteiger partial charge in [-0.25, -0.2) is 0 Å². The number of hydrogen-bond donors (Lipinski definition) is 1. The van der Waals surface area contributed by atoms with Gasteiger partial charge in [0.1, 0.15) is 0 Å². The molecule has 0 radical (unpaired) electrons. The van der Waals surface area contributed by atoms with Gasteiger partial charge in [-0.15, -0.1) is 0 Å². The van der Waals surface area contributed by atoms with E-state index in [1.165, 1.54) is 6.07 Å². The third-order valence-electron chi connectivity index (χ3n) is 2.11. The molecular formula is C13H11N3O. The van der Waals surface area contributed by atoms with Crippen molar-refractivity contribution < 1.29 is 0 Å². The van der Waals surface area contributed by atoms with Crippen LogP contribution in [0, 0.1) is 0 Å². The van der Waals surface area contributed by atoms with Crippen molar-refractivity contribution in [3.05, 3.63) is 71.5 Å². The van der Waals surface area contributed by atoms with E-state index in [4.69, 9.17) is 0 Å². The fourth-order valence-electron chi connectivity index (χ4n) is 1.35. The molecule has 1 N–H and O–H groups in total. The van der Waals surface area contributed by atoms with Crippen molar-refractivity contribution >= 4 is 10.9 Å². The molecule has 0 aliphatic rings. The lowest BCUT2D eigenvalue weighted by atomic mass is 10.2. The minimum atomic E-state index is -0.0521. The van der Waals surface area contributed by atoms with E-state index in [1.807, 2.05) is 30.3 Å². The second-order valence-corrected chi connectivity index (χ2v) is 3.30. The predicted molar refractivity (Wildman–Crippen MR) is 66.6 cm³/mol. The summed E-state index contributed by atoms with van der Waals surface area (Å²) < 4.78 is 0. The molecular weight excluding hydrogens is 214 g/mol. The summed E-state index contributed by atoms with van der Waals surface area (Å²) in [5.74, 6) is 0. The number of aromatic nitrogens is 3. The zero-order valence-electron chi connectivity index (χ0n) is 9.08. The van der Waals surface area contributed by atoms with Gasteiger partial charge in [-0.05, 0) is 17.5 Å². The predicted octanol–water partition coefficient (Wildman–Crippen LogP) is 2.00. The molecule has 0 fully saturated rings. The van der Waals surface area contributed by atoms with Crippen LogP contribution < -0.4 is 5.56 Å². The summed E-state index contributed by atoms with van der Waals surface area (Å²) in [6, 6.07) is 11.0. The van der Waals surface area contributed by atoms with Crippen LogP contribution in [-0.2, 0) is 0 Å². The number of rotatable bonds is 0. The van der Waals surface area contributed by atoms with Gasteiger partial charge in [-0.3, -0.25) is 14.8 Å². The van der Waals surface area contributed by atoms with E-state index in [0.29, 0.717) is 0 Å². The van der Waals surface area contributed by atoms with Gasteiger partial charge < -0.3 is 4.98 Å². The van der Waals surface area contributed by atoms with Crippen molar-refractivity contribution in [2.24, 2.45) is 0 Å². The Labute approximate surface area is 98.0 Å². The zero-order chi connectivity index (χ0) is 11.9. The van der Waals surface area contributed by atoms with E-state index in [-0.39, 0.29) is 5.56 Å². The number of pyridine rings is 1. The minimum absolute atomic E-state index is 0.0521. The molecule has 0 aliphatic heterocycles. The van der Waals surface area contributed by atoms with Crippen LogP contribution in [0.25, 0.3) is 10.9 Å². The second-order valence-electron chi connectivity index (χ2n) is 3.30. The summed E-state index contributed by atoms with van der Waals surface area (Å²) in [6.45, 7) is 0. The molecule has 2 aromatic heterocycles. The largest absolute Gasteiger partial charge is 0.322 e. The van der Waals surface area contributed by atoms with Crippen LogP contribution in [0.15, 0.2) is 66.0 Å². The normalized spacial score (nSPS) is 9.41. The van der Waals surface area contributed by atoms with E-state index >= 15 is 0 Å². The maximum atomic E-state index is 10.8. The van der Waals surface area contributed by atoms with E-state index in [2.05, 4.69) is 15.0 Å². The van der Waals surface area contributed by atoms with Crippen molar-refractivity contribution in [2.45, 2.75) is 0 Å². The fraction of sp³-hybridized carbons (Fsp3) is 0. The summed E-state index contributed by atoms with van der Waals surface area (Å²) in [5, 5.41) is 1.06. The van der Waals surface area contributed by atoms with Crippen molar-refractivity contribution in [1.29, 1.82) is 0 Å². The Morgan fingerprint density at radius 1 is 0.824 bits per heavy atom. The third kappa shape index (κ3) is 3.24. The zero-order valence-corrected chi connectivity index (χ0v) is 9.08. The van der Waals surface area contributed by atoms with Crippen LogP contribution in [0.3, 0.4) is 0 Å². The summed E-state index contributed by atoms with van der Waals surface area (Å²) in [5.41, 5.74) is 0.837. The molecule has 3 rings (SSSR count). The molecule has 0 spiro atoms. The van der Waals surface area contributed by atoms with Gasteiger partial charge in [0, 0.05) is 36.4 Å². The lowest BCUT2D eigenvalue weighted by molar-refractivity contribution is 1.20. The van der Waals surface area contributed by atoms with Crippen LogP contribution in [0.2, 0.25) is 0 Å². The fourth-order valence-corrected chi connectivity index (χ4v) is 1.35. The maximum absolute atomic E-state index is 10.8. The lowest BCUT2D eigenvalue weighted by Gasteiger charge is -1.93. The standard InChI is InChI=1S/C9H7NO.C4H4N2/c11-9-6-5-7-3-1-2-4-8(7)10-9;1-2-6-4-3-5-1/h1-6H,(H,10,11);1-4H. The first kappa shape index (κ1) is 11.0. The number of nitrogens with one attached hydrogen (secondary N) is 1. The Morgan fingerprint density at radius 3 is 2.12 bits per heavy atom. The first-order valence-electron chi connectivity index (χ1n) is 5.14. The molecule has 84 valence electrons. The molecule has 17 heavy (non-hydrogen) atoms. The Bertz CT molecular complexity index is 608. The molecule has 0 saturated carbocycles. The molecule has 4 heteroatoms. The topological polar surface area (TPSA) is 58.6 Å². The third-order valence-corrected chi connectivity index (χ3v) is 2.11. The van der Waals surface area contributed by atoms with E-state index in [0.717, 1.165) is 10.9 Å². The molecule has 3 aromatic rings. The molecule has 0 amide bonds. The molecule has 0 atom stereocenters. The number of para-hydroxylation sites is 1. The highest BCUT2D eigenvalue weighted by Crippen LogP contribution is 2.06. The SMILES string of the molecule is O=c1ccc2ccccc2[nH]1.c1cnccn1. The van der Waals surface area contributed by atoms with Gasteiger partial charge in [0.05, 0.1) is 0 Å². The van der Waals surface area contributed by atoms with Crippen LogP contribution in [-0.4, -0.2) is 15.0 Å². The van der Waals surface area contributed by atoms with Crippen LogP contribution in [0.4, 0.5) is 0 Å². The van der Waals surface area contributed by atoms with E-state index in [9.17, 15) is 4.79 Å². The molecule has 0 saturated heterocycles. The number of benzene rings is 1. The van der Waals surface area contributed by atoms with Gasteiger partial charge in [-0.2, -0.15) is 0 Å². The lowest BCUT2D eigenvalue weighted by Crippen LogP contribution is -2.01. The Hall–Kier alpha value is -2.49. The van der Waals surface area contributed by atoms with Crippen LogP contribution >= 0.6 is 0 Å². The van der Waals surface area contributed by atoms with Gasteiger partial charge >= 0.3 is 0 Å². The summed E-state index contributed by atoms with van der Waals surface area (Å²) in [7, 11) is 0. The molecule has 0 unspecified atom stereocenters. The van der Waals surface area contributed by atoms with Crippen molar-refractivity contribution in [3.8, 4) is 0 Å². The summed E-state index contributed by atoms with van der Waals surface area (Å²) in [4.78, 5) is 21.0. The molecule has 2 heterocycles. The average molecular weight is 225 g/mol. The highest BCUT2D eigenvalue weighted by molar-refractivity contribution is 5.77. The molecule has 0 bridgehead atoms. The van der Waals surface area contributed by atoms with E-state index < -0.39 is 0 Å². The second kappa shape index (κ2) is 5.55.